The van der Waals surface area contributed by atoms with Gasteiger partial charge in [-0.15, -0.1) is 0 Å². The van der Waals surface area contributed by atoms with Crippen LogP contribution in [0.4, 0.5) is 0 Å². The third-order valence-corrected chi connectivity index (χ3v) is 5.95. The molecule has 1 fully saturated rings. The average Bonchev–Trinajstić information content (AvgIpc) is 2.33. The molecule has 116 valence electrons. The normalized spacial score (nSPS) is 15.7. The Morgan fingerprint density at radius 3 is 2.52 bits per heavy atom. The van der Waals surface area contributed by atoms with Crippen molar-refractivity contribution in [2.24, 2.45) is 0 Å². The molecule has 21 heavy (non-hydrogen) atoms. The van der Waals surface area contributed by atoms with Crippen molar-refractivity contribution in [3.8, 4) is 0 Å². The highest BCUT2D eigenvalue weighted by molar-refractivity contribution is 7.91. The van der Waals surface area contributed by atoms with E-state index in [2.05, 4.69) is 0 Å². The maximum absolute atomic E-state index is 12.6. The minimum atomic E-state index is -3.55. The Morgan fingerprint density at radius 1 is 1.38 bits per heavy atom. The Labute approximate surface area is 124 Å². The molecule has 2 rings (SSSR count). The van der Waals surface area contributed by atoms with Crippen molar-refractivity contribution in [1.29, 1.82) is 0 Å². The number of sulfone groups is 1. The molecule has 0 aromatic heterocycles. The van der Waals surface area contributed by atoms with E-state index >= 15 is 0 Å². The Morgan fingerprint density at radius 2 is 2.05 bits per heavy atom. The first-order valence-corrected chi connectivity index (χ1v) is 8.62. The van der Waals surface area contributed by atoms with Gasteiger partial charge in [-0.05, 0) is 42.9 Å². The van der Waals surface area contributed by atoms with E-state index in [1.165, 1.54) is 13.2 Å². The number of methoxy groups -OCH3 is 1. The second kappa shape index (κ2) is 6.15. The zero-order valence-corrected chi connectivity index (χ0v) is 13.1. The fraction of sp³-hybridized carbons (Fsp3) is 0.533. The Bertz CT molecular complexity index is 644. The third kappa shape index (κ3) is 3.11. The van der Waals surface area contributed by atoms with E-state index in [1.807, 2.05) is 0 Å². The largest absolute Gasteiger partial charge is 0.478 e. The molecular weight excluding hydrogens is 292 g/mol. The van der Waals surface area contributed by atoms with Gasteiger partial charge in [-0.25, -0.2) is 13.2 Å². The summed E-state index contributed by atoms with van der Waals surface area (Å²) in [7, 11) is -2.10. The molecule has 0 saturated heterocycles. The van der Waals surface area contributed by atoms with Gasteiger partial charge in [-0.3, -0.25) is 0 Å². The molecule has 0 heterocycles. The standard InChI is InChI=1S/C15H20O5S/c1-10-12(15(16)17)6-7-13(11-4-3-5-11)14(10)21(18,19)9-8-20-2/h6-7,11H,3-5,8-9H2,1-2H3,(H,16,17). The molecule has 1 aromatic carbocycles. The molecule has 0 unspecified atom stereocenters. The molecule has 1 aromatic rings. The summed E-state index contributed by atoms with van der Waals surface area (Å²) in [5, 5.41) is 9.21. The van der Waals surface area contributed by atoms with Gasteiger partial charge in [-0.1, -0.05) is 12.5 Å². The minimum Gasteiger partial charge on any atom is -0.478 e. The summed E-state index contributed by atoms with van der Waals surface area (Å²) in [6.07, 6.45) is 3.00. The van der Waals surface area contributed by atoms with Crippen LogP contribution < -0.4 is 0 Å². The second-order valence-corrected chi connectivity index (χ2v) is 7.45. The molecule has 1 aliphatic carbocycles. The van der Waals surface area contributed by atoms with E-state index in [1.54, 1.807) is 13.0 Å². The number of hydrogen-bond donors (Lipinski definition) is 1. The van der Waals surface area contributed by atoms with Gasteiger partial charge < -0.3 is 9.84 Å². The van der Waals surface area contributed by atoms with Gasteiger partial charge in [0.05, 0.1) is 22.8 Å². The summed E-state index contributed by atoms with van der Waals surface area (Å²) in [4.78, 5) is 11.5. The Hall–Kier alpha value is -1.40. The second-order valence-electron chi connectivity index (χ2n) is 5.40. The van der Waals surface area contributed by atoms with E-state index in [9.17, 15) is 18.3 Å². The van der Waals surface area contributed by atoms with Crippen molar-refractivity contribution in [2.45, 2.75) is 37.0 Å². The van der Waals surface area contributed by atoms with Crippen LogP contribution in [-0.4, -0.2) is 39.0 Å². The van der Waals surface area contributed by atoms with Crippen molar-refractivity contribution in [1.82, 2.24) is 0 Å². The van der Waals surface area contributed by atoms with Crippen LogP contribution in [-0.2, 0) is 14.6 Å². The van der Waals surface area contributed by atoms with Crippen LogP contribution in [0.3, 0.4) is 0 Å². The molecule has 0 bridgehead atoms. The Balaban J connectivity index is 2.58. The van der Waals surface area contributed by atoms with Gasteiger partial charge >= 0.3 is 5.97 Å². The predicted molar refractivity (Wildman–Crippen MR) is 78.7 cm³/mol. The minimum absolute atomic E-state index is 0.0501. The highest BCUT2D eigenvalue weighted by Gasteiger charge is 2.30. The molecule has 1 saturated carbocycles. The smallest absolute Gasteiger partial charge is 0.335 e. The monoisotopic (exact) mass is 312 g/mol. The molecule has 0 radical (unpaired) electrons. The van der Waals surface area contributed by atoms with Crippen LogP contribution in [0.2, 0.25) is 0 Å². The van der Waals surface area contributed by atoms with Crippen LogP contribution in [0.5, 0.6) is 0 Å². The summed E-state index contributed by atoms with van der Waals surface area (Å²) in [5.41, 5.74) is 1.15. The number of rotatable bonds is 6. The number of aromatic carboxylic acids is 1. The number of carboxylic acid groups (broad SMARTS) is 1. The van der Waals surface area contributed by atoms with E-state index in [-0.39, 0.29) is 28.7 Å². The fourth-order valence-corrected chi connectivity index (χ4v) is 4.45. The first-order chi connectivity index (χ1) is 9.88. The molecule has 0 amide bonds. The van der Waals surface area contributed by atoms with Crippen LogP contribution in [0.1, 0.15) is 46.7 Å². The van der Waals surface area contributed by atoms with Gasteiger partial charge in [-0.2, -0.15) is 0 Å². The molecule has 0 atom stereocenters. The van der Waals surface area contributed by atoms with Crippen molar-refractivity contribution in [2.75, 3.05) is 19.5 Å². The first-order valence-electron chi connectivity index (χ1n) is 6.97. The van der Waals surface area contributed by atoms with Gasteiger partial charge in [0.25, 0.3) is 0 Å². The summed E-state index contributed by atoms with van der Waals surface area (Å²) < 4.78 is 30.0. The summed E-state index contributed by atoms with van der Waals surface area (Å²) in [5.74, 6) is -1.01. The molecule has 1 aliphatic rings. The summed E-state index contributed by atoms with van der Waals surface area (Å²) in [6.45, 7) is 1.68. The van der Waals surface area contributed by atoms with Crippen molar-refractivity contribution in [3.63, 3.8) is 0 Å². The summed E-state index contributed by atoms with van der Waals surface area (Å²) in [6, 6.07) is 3.18. The molecule has 0 spiro atoms. The molecule has 0 aliphatic heterocycles. The number of carboxylic acids is 1. The molecule has 6 heteroatoms. The zero-order valence-electron chi connectivity index (χ0n) is 12.3. The van der Waals surface area contributed by atoms with Crippen LogP contribution >= 0.6 is 0 Å². The molecule has 1 N–H and O–H groups in total. The lowest BCUT2D eigenvalue weighted by Crippen LogP contribution is -2.20. The van der Waals surface area contributed by atoms with Gasteiger partial charge in [0, 0.05) is 7.11 Å². The van der Waals surface area contributed by atoms with Crippen molar-refractivity contribution in [3.05, 3.63) is 28.8 Å². The van der Waals surface area contributed by atoms with Crippen molar-refractivity contribution >= 4 is 15.8 Å². The topological polar surface area (TPSA) is 80.7 Å². The average molecular weight is 312 g/mol. The highest BCUT2D eigenvalue weighted by Crippen LogP contribution is 2.41. The molecular formula is C15H20O5S. The maximum atomic E-state index is 12.6. The third-order valence-electron chi connectivity index (χ3n) is 4.08. The van der Waals surface area contributed by atoms with E-state index < -0.39 is 15.8 Å². The summed E-state index contributed by atoms with van der Waals surface area (Å²) >= 11 is 0. The maximum Gasteiger partial charge on any atom is 0.335 e. The van der Waals surface area contributed by atoms with Gasteiger partial charge in [0.15, 0.2) is 9.84 Å². The zero-order chi connectivity index (χ0) is 15.6. The lowest BCUT2D eigenvalue weighted by atomic mass is 9.79. The van der Waals surface area contributed by atoms with E-state index in [0.29, 0.717) is 5.56 Å². The quantitative estimate of drug-likeness (QED) is 0.872. The van der Waals surface area contributed by atoms with E-state index in [4.69, 9.17) is 4.74 Å². The van der Waals surface area contributed by atoms with Crippen molar-refractivity contribution < 1.29 is 23.1 Å². The predicted octanol–water partition coefficient (Wildman–Crippen LogP) is 2.38. The van der Waals surface area contributed by atoms with Crippen LogP contribution in [0.25, 0.3) is 0 Å². The lowest BCUT2D eigenvalue weighted by molar-refractivity contribution is 0.0695. The van der Waals surface area contributed by atoms with Crippen LogP contribution in [0.15, 0.2) is 17.0 Å². The number of carbonyl (C=O) groups is 1. The van der Waals surface area contributed by atoms with E-state index in [0.717, 1.165) is 24.8 Å². The number of benzene rings is 1. The number of hydrogen-bond acceptors (Lipinski definition) is 4. The highest BCUT2D eigenvalue weighted by atomic mass is 32.2. The first kappa shape index (κ1) is 16.0. The SMILES string of the molecule is COCCS(=O)(=O)c1c(C2CCC2)ccc(C(=O)O)c1C. The fourth-order valence-electron chi connectivity index (χ4n) is 2.69. The van der Waals surface area contributed by atoms with Gasteiger partial charge in [0.1, 0.15) is 0 Å². The Kier molecular flexibility index (Phi) is 4.68. The molecule has 5 nitrogen and oxygen atoms in total. The lowest BCUT2D eigenvalue weighted by Gasteiger charge is -2.29. The number of ether oxygens (including phenoxy) is 1. The van der Waals surface area contributed by atoms with Gasteiger partial charge in [0.2, 0.25) is 0 Å². The van der Waals surface area contributed by atoms with Crippen LogP contribution in [0, 0.1) is 6.92 Å².